The van der Waals surface area contributed by atoms with Crippen LogP contribution in [0.3, 0.4) is 0 Å². The van der Waals surface area contributed by atoms with Gasteiger partial charge in [0.05, 0.1) is 26.4 Å². The molecule has 0 rings (SSSR count). The van der Waals surface area contributed by atoms with Crippen molar-refractivity contribution in [1.29, 1.82) is 0 Å². The van der Waals surface area contributed by atoms with Crippen LogP contribution in [0.1, 0.15) is 336 Å². The molecule has 0 heterocycles. The predicted molar refractivity (Wildman–Crippen MR) is 436 cm³/mol. The third-order valence-corrected chi connectivity index (χ3v) is 19.0. The molecule has 0 saturated heterocycles. The van der Waals surface area contributed by atoms with Gasteiger partial charge in [0.25, 0.3) is 0 Å². The molecule has 5 atom stereocenters. The first-order valence-corrected chi connectivity index (χ1v) is 44.4. The van der Waals surface area contributed by atoms with E-state index >= 15 is 0 Å². The van der Waals surface area contributed by atoms with Gasteiger partial charge in [0, 0.05) is 25.7 Å². The van der Waals surface area contributed by atoms with Gasteiger partial charge in [-0.3, -0.25) is 37.3 Å². The molecule has 0 bridgehead atoms. The van der Waals surface area contributed by atoms with Crippen molar-refractivity contribution in [2.75, 3.05) is 39.6 Å². The van der Waals surface area contributed by atoms with E-state index < -0.39 is 97.5 Å². The van der Waals surface area contributed by atoms with E-state index in [1.807, 2.05) is 12.2 Å². The molecule has 17 nitrogen and oxygen atoms in total. The highest BCUT2D eigenvalue weighted by molar-refractivity contribution is 7.47. The fourth-order valence-corrected chi connectivity index (χ4v) is 12.3. The lowest BCUT2D eigenvalue weighted by Crippen LogP contribution is -2.30. The van der Waals surface area contributed by atoms with E-state index in [9.17, 15) is 43.2 Å². The van der Waals surface area contributed by atoms with E-state index in [0.717, 1.165) is 167 Å². The zero-order chi connectivity index (χ0) is 77.4. The molecule has 2 unspecified atom stereocenters. The van der Waals surface area contributed by atoms with Crippen molar-refractivity contribution in [3.05, 3.63) is 134 Å². The summed E-state index contributed by atoms with van der Waals surface area (Å²) in [6.45, 7) is 4.63. The Morgan fingerprint density at radius 2 is 0.500 bits per heavy atom. The largest absolute Gasteiger partial charge is 0.472 e. The van der Waals surface area contributed by atoms with Crippen LogP contribution in [0.5, 0.6) is 0 Å². The monoisotopic (exact) mass is 1530 g/mol. The maximum Gasteiger partial charge on any atom is 0.472 e. The smallest absolute Gasteiger partial charge is 0.462 e. The number of hydrogen-bond acceptors (Lipinski definition) is 15. The molecule has 0 spiro atoms. The van der Waals surface area contributed by atoms with Gasteiger partial charge in [-0.2, -0.15) is 0 Å². The van der Waals surface area contributed by atoms with Crippen molar-refractivity contribution >= 4 is 39.5 Å². The molecule has 0 radical (unpaired) electrons. The molecule has 3 N–H and O–H groups in total. The molecule has 0 saturated carbocycles. The minimum atomic E-state index is -5.01. The van der Waals surface area contributed by atoms with Crippen LogP contribution in [0.25, 0.3) is 0 Å². The minimum Gasteiger partial charge on any atom is -0.462 e. The molecule has 0 aliphatic heterocycles. The summed E-state index contributed by atoms with van der Waals surface area (Å²) in [5.74, 6) is -2.29. The number of hydrogen-bond donors (Lipinski definition) is 3. The Morgan fingerprint density at radius 1 is 0.274 bits per heavy atom. The highest BCUT2D eigenvalue weighted by Crippen LogP contribution is 2.45. The van der Waals surface area contributed by atoms with Gasteiger partial charge in [-0.1, -0.05) is 283 Å². The lowest BCUT2D eigenvalue weighted by Gasteiger charge is -2.21. The Kier molecular flexibility index (Phi) is 74.8. The van der Waals surface area contributed by atoms with Gasteiger partial charge in [-0.25, -0.2) is 9.13 Å². The summed E-state index contributed by atoms with van der Waals surface area (Å²) >= 11 is 0. The van der Waals surface area contributed by atoms with Crippen LogP contribution in [0, 0.1) is 0 Å². The van der Waals surface area contributed by atoms with Crippen LogP contribution in [0.4, 0.5) is 0 Å². The Labute approximate surface area is 644 Å². The summed E-state index contributed by atoms with van der Waals surface area (Å²) in [6.07, 6.45) is 88.5. The van der Waals surface area contributed by atoms with Crippen molar-refractivity contribution in [2.45, 2.75) is 354 Å². The first-order chi connectivity index (χ1) is 51.7. The molecule has 0 aliphatic rings. The SMILES string of the molecule is CC/C=C\C/C=C\C/C=C\C/C=C\C/C=C\CCCCCC(=O)O[C@H](COC(=O)CCC/C=C\C/C=C\C/C=C\C/C=C\CCCCC)COP(=O)(O)OC[C@@H](O)COP(=O)(O)OC[C@@H](COC(=O)CCCCCCC/C=C\CCCCCCCC)OC(=O)CCCCCCCCC/C=C\CCCCCC. The highest BCUT2D eigenvalue weighted by atomic mass is 31.2. The van der Waals surface area contributed by atoms with E-state index in [2.05, 4.69) is 149 Å². The van der Waals surface area contributed by atoms with Gasteiger partial charge in [0.1, 0.15) is 19.3 Å². The zero-order valence-electron chi connectivity index (χ0n) is 66.6. The average molecular weight is 1530 g/mol. The van der Waals surface area contributed by atoms with E-state index in [-0.39, 0.29) is 25.7 Å². The van der Waals surface area contributed by atoms with Crippen LogP contribution in [0.2, 0.25) is 0 Å². The van der Waals surface area contributed by atoms with Gasteiger partial charge in [-0.05, 0) is 161 Å². The second-order valence-electron chi connectivity index (χ2n) is 27.3. The molecule has 0 aromatic heterocycles. The van der Waals surface area contributed by atoms with Gasteiger partial charge in [0.15, 0.2) is 12.2 Å². The molecule has 608 valence electrons. The summed E-state index contributed by atoms with van der Waals surface area (Å²) in [5, 5.41) is 10.7. The van der Waals surface area contributed by atoms with Crippen LogP contribution in [0.15, 0.2) is 134 Å². The third kappa shape index (κ3) is 77.4. The predicted octanol–water partition coefficient (Wildman–Crippen LogP) is 24.4. The lowest BCUT2D eigenvalue weighted by atomic mass is 10.1. The second kappa shape index (κ2) is 78.3. The van der Waals surface area contributed by atoms with Crippen molar-refractivity contribution in [3.8, 4) is 0 Å². The normalized spacial score (nSPS) is 14.5. The van der Waals surface area contributed by atoms with Crippen molar-refractivity contribution < 1.29 is 80.2 Å². The van der Waals surface area contributed by atoms with Gasteiger partial charge in [0.2, 0.25) is 0 Å². The van der Waals surface area contributed by atoms with Gasteiger partial charge >= 0.3 is 39.5 Å². The summed E-state index contributed by atoms with van der Waals surface area (Å²) in [6, 6.07) is 0. The Hall–Kier alpha value is -4.80. The molecule has 0 aliphatic carbocycles. The topological polar surface area (TPSA) is 237 Å². The first-order valence-electron chi connectivity index (χ1n) is 41.4. The number of ether oxygens (including phenoxy) is 4. The summed E-state index contributed by atoms with van der Waals surface area (Å²) in [4.78, 5) is 73.1. The molecule has 0 fully saturated rings. The van der Waals surface area contributed by atoms with Crippen LogP contribution < -0.4 is 0 Å². The fourth-order valence-electron chi connectivity index (χ4n) is 10.8. The van der Waals surface area contributed by atoms with E-state index in [0.29, 0.717) is 32.1 Å². The molecule has 19 heteroatoms. The van der Waals surface area contributed by atoms with Crippen molar-refractivity contribution in [3.63, 3.8) is 0 Å². The zero-order valence-corrected chi connectivity index (χ0v) is 68.4. The van der Waals surface area contributed by atoms with Crippen LogP contribution in [-0.2, 0) is 65.4 Å². The Morgan fingerprint density at radius 3 is 0.840 bits per heavy atom. The molecular formula is C87H148O17P2. The number of phosphoric ester groups is 2. The second-order valence-corrected chi connectivity index (χ2v) is 30.2. The van der Waals surface area contributed by atoms with Gasteiger partial charge in [-0.15, -0.1) is 0 Å². The molecule has 0 aromatic carbocycles. The average Bonchev–Trinajstić information content (AvgIpc) is 0.902. The molecular weight excluding hydrogens is 1380 g/mol. The third-order valence-electron chi connectivity index (χ3n) is 17.1. The molecule has 0 amide bonds. The number of carbonyl (C=O) groups is 4. The van der Waals surface area contributed by atoms with E-state index in [4.69, 9.17) is 37.0 Å². The number of allylic oxidation sites excluding steroid dienone is 22. The minimum absolute atomic E-state index is 0.0406. The number of phosphoric acid groups is 2. The van der Waals surface area contributed by atoms with E-state index in [1.54, 1.807) is 0 Å². The Bertz CT molecular complexity index is 2530. The number of esters is 4. The van der Waals surface area contributed by atoms with Crippen molar-refractivity contribution in [1.82, 2.24) is 0 Å². The fraction of sp³-hybridized carbons (Fsp3) is 0.701. The van der Waals surface area contributed by atoms with Crippen LogP contribution in [-0.4, -0.2) is 96.7 Å². The highest BCUT2D eigenvalue weighted by Gasteiger charge is 2.30. The number of aliphatic hydroxyl groups is 1. The van der Waals surface area contributed by atoms with Crippen LogP contribution >= 0.6 is 15.6 Å². The molecule has 0 aromatic rings. The number of carbonyl (C=O) groups excluding carboxylic acids is 4. The molecule has 106 heavy (non-hydrogen) atoms. The van der Waals surface area contributed by atoms with Crippen molar-refractivity contribution in [2.24, 2.45) is 0 Å². The van der Waals surface area contributed by atoms with Gasteiger partial charge < -0.3 is 33.8 Å². The number of aliphatic hydroxyl groups excluding tert-OH is 1. The van der Waals surface area contributed by atoms with E-state index in [1.165, 1.54) is 83.5 Å². The lowest BCUT2D eigenvalue weighted by molar-refractivity contribution is -0.161. The number of rotatable bonds is 77. The quantitative estimate of drug-likeness (QED) is 0.0169. The standard InChI is InChI=1S/C87H148O17P2/c1-5-9-13-17-21-25-29-33-37-39-40-42-46-50-54-58-62-66-70-74-87(92)104-83(78-98-85(90)72-68-64-60-56-52-48-45-41-38-34-30-26-22-18-14-10-6-2)80-102-106(95,96)100-76-81(88)75-99-105(93,94)101-79-82(103-86(91)73-69-65-61-57-53-49-44-36-32-28-24-20-16-12-8-4)77-97-84(89)71-67-63-59-55-51-47-43-35-31-27-23-19-15-11-7-3/h9,13,21-22,25-26,28,32-35,37-38,40,42-43,45,48,50,54,56,60,81-83,88H,5-8,10-12,14-20,23-24,27,29-31,36,39,41,44,46-47,49,51-53,55,57-59,61-80H2,1-4H3,(H,93,94)(H,95,96)/b13-9-,25-21-,26-22-,32-28-,37-33-,38-34-,42-40-,43-35-,48-45-,54-50-,60-56-/t81-,82+,83+/m0/s1. The summed E-state index contributed by atoms with van der Waals surface area (Å²) < 4.78 is 68.6. The first kappa shape index (κ1) is 101. The summed E-state index contributed by atoms with van der Waals surface area (Å²) in [5.41, 5.74) is 0. The maximum atomic E-state index is 13.1. The summed E-state index contributed by atoms with van der Waals surface area (Å²) in [7, 11) is -9.99. The Balaban J connectivity index is 5.47. The maximum absolute atomic E-state index is 13.1. The number of unbranched alkanes of at least 4 members (excludes halogenated alkanes) is 29.